The van der Waals surface area contributed by atoms with Crippen molar-refractivity contribution in [2.24, 2.45) is 0 Å². The lowest BCUT2D eigenvalue weighted by molar-refractivity contribution is -0.135. The molecule has 8 nitrogen and oxygen atoms in total. The van der Waals surface area contributed by atoms with Gasteiger partial charge in [0.1, 0.15) is 12.1 Å². The molecule has 1 aromatic rings. The molecule has 1 aromatic carbocycles. The molecule has 0 spiro atoms. The predicted molar refractivity (Wildman–Crippen MR) is 109 cm³/mol. The van der Waals surface area contributed by atoms with E-state index in [0.29, 0.717) is 30.3 Å². The van der Waals surface area contributed by atoms with E-state index in [-0.39, 0.29) is 18.5 Å². The number of benzene rings is 1. The van der Waals surface area contributed by atoms with E-state index in [1.54, 1.807) is 25.1 Å². The highest BCUT2D eigenvalue weighted by molar-refractivity contribution is 6.09. The van der Waals surface area contributed by atoms with Gasteiger partial charge in [-0.05, 0) is 37.5 Å². The Bertz CT molecular complexity index is 834. The Kier molecular flexibility index (Phi) is 5.83. The Balaban J connectivity index is 1.46. The maximum Gasteiger partial charge on any atom is 0.325 e. The van der Waals surface area contributed by atoms with Gasteiger partial charge in [0.25, 0.3) is 5.91 Å². The Morgan fingerprint density at radius 3 is 2.53 bits per heavy atom. The summed E-state index contributed by atoms with van der Waals surface area (Å²) in [6.07, 6.45) is 7.23. The van der Waals surface area contributed by atoms with Crippen LogP contribution in [0.15, 0.2) is 18.2 Å². The number of urea groups is 1. The van der Waals surface area contributed by atoms with Crippen LogP contribution in [0.1, 0.15) is 57.4 Å². The molecule has 0 aromatic heterocycles. The highest BCUT2D eigenvalue weighted by atomic mass is 16.5. The molecule has 0 unspecified atom stereocenters. The lowest BCUT2D eigenvalue weighted by Gasteiger charge is -2.23. The van der Waals surface area contributed by atoms with Crippen LogP contribution in [0.5, 0.6) is 11.5 Å². The van der Waals surface area contributed by atoms with Gasteiger partial charge in [-0.25, -0.2) is 4.79 Å². The number of ether oxygens (including phenoxy) is 2. The smallest absolute Gasteiger partial charge is 0.325 e. The number of carbonyl (C=O) groups excluding carboxylic acids is 3. The third kappa shape index (κ3) is 4.08. The Labute approximate surface area is 176 Å². The minimum atomic E-state index is -1.26. The van der Waals surface area contributed by atoms with Crippen LogP contribution >= 0.6 is 0 Å². The molecule has 4 rings (SSSR count). The van der Waals surface area contributed by atoms with Gasteiger partial charge in [0, 0.05) is 12.5 Å². The van der Waals surface area contributed by atoms with Crippen molar-refractivity contribution in [1.29, 1.82) is 0 Å². The average Bonchev–Trinajstić information content (AvgIpc) is 3.02. The highest BCUT2D eigenvalue weighted by Crippen LogP contribution is 2.36. The van der Waals surface area contributed by atoms with Crippen LogP contribution in [0.3, 0.4) is 0 Å². The summed E-state index contributed by atoms with van der Waals surface area (Å²) in [6.45, 7) is 2.47. The summed E-state index contributed by atoms with van der Waals surface area (Å²) in [5, 5.41) is 5.74. The molecule has 2 heterocycles. The van der Waals surface area contributed by atoms with Gasteiger partial charge in [-0.15, -0.1) is 0 Å². The van der Waals surface area contributed by atoms with Crippen molar-refractivity contribution < 1.29 is 23.9 Å². The molecule has 1 atom stereocenters. The molecular formula is C22H29N3O5. The summed E-state index contributed by atoms with van der Waals surface area (Å²) in [6, 6.07) is 4.79. The monoisotopic (exact) mass is 415 g/mol. The van der Waals surface area contributed by atoms with E-state index in [2.05, 4.69) is 10.6 Å². The molecule has 2 N–H and O–H groups in total. The molecule has 2 aliphatic heterocycles. The Hall–Kier alpha value is -2.77. The number of nitrogens with zero attached hydrogens (tertiary/aromatic N) is 1. The minimum Gasteiger partial charge on any atom is -0.490 e. The zero-order valence-corrected chi connectivity index (χ0v) is 17.4. The van der Waals surface area contributed by atoms with Crippen LogP contribution in [0.4, 0.5) is 4.79 Å². The number of imide groups is 1. The molecule has 1 saturated heterocycles. The molecule has 3 aliphatic rings. The quantitative estimate of drug-likeness (QED) is 0.582. The number of fused-ring (bicyclic) bond motifs is 1. The maximum absolute atomic E-state index is 13.1. The molecule has 30 heavy (non-hydrogen) atoms. The third-order valence-electron chi connectivity index (χ3n) is 6.12. The zero-order chi connectivity index (χ0) is 21.1. The zero-order valence-electron chi connectivity index (χ0n) is 17.4. The molecule has 8 heteroatoms. The molecule has 2 fully saturated rings. The fraction of sp³-hybridized carbons (Fsp3) is 0.591. The molecule has 0 bridgehead atoms. The first kappa shape index (κ1) is 20.5. The molecule has 1 saturated carbocycles. The van der Waals surface area contributed by atoms with Gasteiger partial charge >= 0.3 is 6.03 Å². The van der Waals surface area contributed by atoms with Crippen molar-refractivity contribution in [2.75, 3.05) is 19.8 Å². The first-order valence-corrected chi connectivity index (χ1v) is 10.8. The van der Waals surface area contributed by atoms with Gasteiger partial charge in [0.15, 0.2) is 11.5 Å². The summed E-state index contributed by atoms with van der Waals surface area (Å²) >= 11 is 0. The number of amides is 4. The number of carbonyl (C=O) groups is 3. The molecule has 0 radical (unpaired) electrons. The molecular weight excluding hydrogens is 386 g/mol. The van der Waals surface area contributed by atoms with Gasteiger partial charge in [-0.3, -0.25) is 14.5 Å². The number of hydrogen-bond acceptors (Lipinski definition) is 5. The molecule has 4 amide bonds. The number of rotatable bonds is 4. The number of nitrogens with one attached hydrogen (secondary N) is 2. The predicted octanol–water partition coefficient (Wildman–Crippen LogP) is 2.45. The van der Waals surface area contributed by atoms with E-state index in [9.17, 15) is 14.4 Å². The van der Waals surface area contributed by atoms with Gasteiger partial charge < -0.3 is 20.1 Å². The lowest BCUT2D eigenvalue weighted by Crippen LogP contribution is -2.45. The second-order valence-electron chi connectivity index (χ2n) is 8.41. The largest absolute Gasteiger partial charge is 0.490 e. The minimum absolute atomic E-state index is 0.119. The van der Waals surface area contributed by atoms with Gasteiger partial charge in [0.2, 0.25) is 5.91 Å². The summed E-state index contributed by atoms with van der Waals surface area (Å²) in [5.74, 6) is 0.431. The van der Waals surface area contributed by atoms with Crippen LogP contribution in [0, 0.1) is 0 Å². The fourth-order valence-corrected chi connectivity index (χ4v) is 4.35. The maximum atomic E-state index is 13.1. The average molecular weight is 415 g/mol. The van der Waals surface area contributed by atoms with Gasteiger partial charge in [-0.2, -0.15) is 0 Å². The van der Waals surface area contributed by atoms with E-state index >= 15 is 0 Å². The van der Waals surface area contributed by atoms with Crippen molar-refractivity contribution in [3.8, 4) is 11.5 Å². The first-order chi connectivity index (χ1) is 14.5. The normalized spacial score (nSPS) is 24.8. The first-order valence-electron chi connectivity index (χ1n) is 10.8. The summed E-state index contributed by atoms with van der Waals surface area (Å²) in [4.78, 5) is 39.2. The topological polar surface area (TPSA) is 97.0 Å². The second kappa shape index (κ2) is 8.53. The van der Waals surface area contributed by atoms with E-state index < -0.39 is 17.5 Å². The summed E-state index contributed by atoms with van der Waals surface area (Å²) < 4.78 is 11.4. The Morgan fingerprint density at radius 2 is 1.80 bits per heavy atom. The standard InChI is InChI=1S/C22H29N3O5/c1-22(15-9-10-17-18(13-15)30-12-6-11-29-17)20(27)25(21(28)24-22)14-19(26)23-16-7-4-2-3-5-8-16/h9-10,13,16H,2-8,11-12,14H2,1H3,(H,23,26)(H,24,28)/t22-/m1/s1. The van der Waals surface area contributed by atoms with Crippen LogP contribution in [0.25, 0.3) is 0 Å². The molecule has 1 aliphatic carbocycles. The van der Waals surface area contributed by atoms with Gasteiger partial charge in [0.05, 0.1) is 13.2 Å². The van der Waals surface area contributed by atoms with Gasteiger partial charge in [-0.1, -0.05) is 31.7 Å². The fourth-order valence-electron chi connectivity index (χ4n) is 4.35. The van der Waals surface area contributed by atoms with Crippen molar-refractivity contribution >= 4 is 17.8 Å². The second-order valence-corrected chi connectivity index (χ2v) is 8.41. The van der Waals surface area contributed by atoms with E-state index in [0.717, 1.165) is 37.0 Å². The van der Waals surface area contributed by atoms with Crippen molar-refractivity contribution in [3.63, 3.8) is 0 Å². The summed E-state index contributed by atoms with van der Waals surface area (Å²) in [5.41, 5.74) is -0.665. The molecule has 162 valence electrons. The van der Waals surface area contributed by atoms with Crippen LogP contribution < -0.4 is 20.1 Å². The lowest BCUT2D eigenvalue weighted by atomic mass is 9.91. The van der Waals surface area contributed by atoms with Crippen molar-refractivity contribution in [2.45, 2.75) is 63.5 Å². The van der Waals surface area contributed by atoms with Crippen LogP contribution in [-0.2, 0) is 15.1 Å². The highest BCUT2D eigenvalue weighted by Gasteiger charge is 2.49. The van der Waals surface area contributed by atoms with Crippen LogP contribution in [-0.4, -0.2) is 48.5 Å². The summed E-state index contributed by atoms with van der Waals surface area (Å²) in [7, 11) is 0. The van der Waals surface area contributed by atoms with E-state index in [4.69, 9.17) is 9.47 Å². The number of hydrogen-bond donors (Lipinski definition) is 2. The third-order valence-corrected chi connectivity index (χ3v) is 6.12. The van der Waals surface area contributed by atoms with Crippen LogP contribution in [0.2, 0.25) is 0 Å². The van der Waals surface area contributed by atoms with E-state index in [1.807, 2.05) is 0 Å². The van der Waals surface area contributed by atoms with Crippen molar-refractivity contribution in [1.82, 2.24) is 15.5 Å². The van der Waals surface area contributed by atoms with E-state index in [1.165, 1.54) is 12.8 Å². The Morgan fingerprint density at radius 1 is 1.10 bits per heavy atom. The SMILES string of the molecule is C[C@]1(c2ccc3c(c2)OCCCO3)NC(=O)N(CC(=O)NC2CCCCCC2)C1=O. The van der Waals surface area contributed by atoms with Crippen molar-refractivity contribution in [3.05, 3.63) is 23.8 Å².